The van der Waals surface area contributed by atoms with Gasteiger partial charge in [0, 0.05) is 29.9 Å². The second-order valence-corrected chi connectivity index (χ2v) is 6.58. The predicted octanol–water partition coefficient (Wildman–Crippen LogP) is 2.16. The maximum Gasteiger partial charge on any atom is 0.137 e. The first-order valence-electron chi connectivity index (χ1n) is 7.17. The van der Waals surface area contributed by atoms with E-state index in [0.717, 1.165) is 37.2 Å². The van der Waals surface area contributed by atoms with Crippen molar-refractivity contribution in [1.29, 1.82) is 0 Å². The summed E-state index contributed by atoms with van der Waals surface area (Å²) in [5.41, 5.74) is 3.76. The van der Waals surface area contributed by atoms with Crippen molar-refractivity contribution in [3.63, 3.8) is 0 Å². The van der Waals surface area contributed by atoms with Gasteiger partial charge in [-0.3, -0.25) is 5.10 Å². The number of nitrogens with one attached hydrogen (secondary N) is 1. The number of aromatic nitrogens is 4. The molecule has 2 N–H and O–H groups in total. The smallest absolute Gasteiger partial charge is 0.137 e. The van der Waals surface area contributed by atoms with Crippen LogP contribution in [0.5, 0.6) is 0 Å². The molecule has 1 aliphatic rings. The van der Waals surface area contributed by atoms with E-state index in [0.29, 0.717) is 0 Å². The number of rotatable bonds is 3. The second-order valence-electron chi connectivity index (χ2n) is 6.58. The highest BCUT2D eigenvalue weighted by Gasteiger charge is 2.33. The third-order valence-electron chi connectivity index (χ3n) is 4.24. The minimum absolute atomic E-state index is 0.154. The van der Waals surface area contributed by atoms with E-state index in [4.69, 9.17) is 0 Å². The Morgan fingerprint density at radius 2 is 2.30 bits per heavy atom. The molecule has 2 aromatic heterocycles. The Balaban J connectivity index is 1.88. The molecule has 20 heavy (non-hydrogen) atoms. The van der Waals surface area contributed by atoms with Crippen molar-refractivity contribution in [2.24, 2.45) is 5.41 Å². The van der Waals surface area contributed by atoms with Crippen molar-refractivity contribution in [2.75, 3.05) is 0 Å². The maximum absolute atomic E-state index is 10.3. The fourth-order valence-electron chi connectivity index (χ4n) is 3.28. The zero-order valence-electron chi connectivity index (χ0n) is 12.3. The summed E-state index contributed by atoms with van der Waals surface area (Å²) in [6.07, 6.45) is 3.90. The van der Waals surface area contributed by atoms with Crippen molar-refractivity contribution in [3.05, 3.63) is 35.2 Å². The normalized spacial score (nSPS) is 20.9. The van der Waals surface area contributed by atoms with Gasteiger partial charge in [0.05, 0.1) is 6.10 Å². The van der Waals surface area contributed by atoms with Crippen molar-refractivity contribution in [2.45, 2.75) is 52.7 Å². The summed E-state index contributed by atoms with van der Waals surface area (Å²) in [5, 5.41) is 17.1. The molecule has 1 atom stereocenters. The molecule has 0 bridgehead atoms. The molecule has 108 valence electrons. The third kappa shape index (κ3) is 2.38. The number of nitrogens with zero attached hydrogens (tertiary/aromatic N) is 3. The molecule has 0 amide bonds. The van der Waals surface area contributed by atoms with Gasteiger partial charge in [-0.05, 0) is 31.2 Å². The Kier molecular flexibility index (Phi) is 3.17. The summed E-state index contributed by atoms with van der Waals surface area (Å²) in [6, 6.07) is 2.13. The fourth-order valence-corrected chi connectivity index (χ4v) is 3.28. The van der Waals surface area contributed by atoms with E-state index >= 15 is 0 Å². The Morgan fingerprint density at radius 3 is 3.00 bits per heavy atom. The molecule has 0 saturated heterocycles. The zero-order valence-corrected chi connectivity index (χ0v) is 12.3. The van der Waals surface area contributed by atoms with Gasteiger partial charge in [-0.25, -0.2) is 4.98 Å². The second kappa shape index (κ2) is 4.74. The van der Waals surface area contributed by atoms with Crippen molar-refractivity contribution < 1.29 is 5.11 Å². The molecule has 0 radical (unpaired) electrons. The average Bonchev–Trinajstić information content (AvgIpc) is 2.94. The van der Waals surface area contributed by atoms with Gasteiger partial charge in [0.15, 0.2) is 0 Å². The largest absolute Gasteiger partial charge is 0.388 e. The van der Waals surface area contributed by atoms with E-state index in [1.54, 1.807) is 6.33 Å². The van der Waals surface area contributed by atoms with E-state index in [2.05, 4.69) is 46.6 Å². The first kappa shape index (κ1) is 13.4. The van der Waals surface area contributed by atoms with E-state index in [-0.39, 0.29) is 11.5 Å². The average molecular weight is 274 g/mol. The van der Waals surface area contributed by atoms with Gasteiger partial charge in [-0.1, -0.05) is 13.8 Å². The lowest BCUT2D eigenvalue weighted by atomic mass is 9.75. The Morgan fingerprint density at radius 1 is 1.50 bits per heavy atom. The topological polar surface area (TPSA) is 66.7 Å². The van der Waals surface area contributed by atoms with Crippen molar-refractivity contribution in [3.8, 4) is 0 Å². The van der Waals surface area contributed by atoms with Crippen LogP contribution in [0.15, 0.2) is 12.4 Å². The maximum atomic E-state index is 10.3. The van der Waals surface area contributed by atoms with Crippen LogP contribution in [0.2, 0.25) is 0 Å². The van der Waals surface area contributed by atoms with Crippen LogP contribution < -0.4 is 0 Å². The molecule has 1 unspecified atom stereocenters. The molecule has 1 aliphatic carbocycles. The lowest BCUT2D eigenvalue weighted by molar-refractivity contribution is 0.0979. The quantitative estimate of drug-likeness (QED) is 0.901. The van der Waals surface area contributed by atoms with Gasteiger partial charge in [-0.15, -0.1) is 0 Å². The number of aliphatic hydroxyl groups is 1. The monoisotopic (exact) mass is 274 g/mol. The van der Waals surface area contributed by atoms with Gasteiger partial charge in [-0.2, -0.15) is 5.10 Å². The van der Waals surface area contributed by atoms with Crippen molar-refractivity contribution in [1.82, 2.24) is 19.7 Å². The van der Waals surface area contributed by atoms with Crippen LogP contribution in [0, 0.1) is 12.3 Å². The van der Waals surface area contributed by atoms with Crippen LogP contribution in [-0.2, 0) is 19.4 Å². The summed E-state index contributed by atoms with van der Waals surface area (Å²) in [6.45, 7) is 7.43. The van der Waals surface area contributed by atoms with Crippen LogP contribution >= 0.6 is 0 Å². The molecule has 3 rings (SSSR count). The number of hydrogen-bond donors (Lipinski definition) is 2. The standard InChI is InChI=1S/C15H22N4O/c1-10-6-11-12(7-15(2,3)8-13(11)20)19(10)5-4-14-16-9-17-18-14/h6,9,13,20H,4-5,7-8H2,1-3H3,(H,16,17,18). The van der Waals surface area contributed by atoms with Gasteiger partial charge in [0.2, 0.25) is 0 Å². The highest BCUT2D eigenvalue weighted by molar-refractivity contribution is 5.33. The molecule has 2 heterocycles. The molecule has 2 aromatic rings. The van der Waals surface area contributed by atoms with Gasteiger partial charge in [0.25, 0.3) is 0 Å². The molecular formula is C15H22N4O. The van der Waals surface area contributed by atoms with E-state index in [9.17, 15) is 5.11 Å². The van der Waals surface area contributed by atoms with E-state index in [1.165, 1.54) is 11.4 Å². The minimum Gasteiger partial charge on any atom is -0.388 e. The van der Waals surface area contributed by atoms with E-state index < -0.39 is 0 Å². The molecule has 0 aromatic carbocycles. The summed E-state index contributed by atoms with van der Waals surface area (Å²) < 4.78 is 2.32. The number of hydrogen-bond acceptors (Lipinski definition) is 3. The van der Waals surface area contributed by atoms with Gasteiger partial charge in [0.1, 0.15) is 12.2 Å². The molecule has 0 aliphatic heterocycles. The first-order chi connectivity index (χ1) is 9.46. The number of aryl methyl sites for hydroxylation is 2. The van der Waals surface area contributed by atoms with Crippen LogP contribution in [0.1, 0.15) is 49.1 Å². The molecule has 5 heteroatoms. The minimum atomic E-state index is -0.334. The van der Waals surface area contributed by atoms with Crippen molar-refractivity contribution >= 4 is 0 Å². The summed E-state index contributed by atoms with van der Waals surface area (Å²) in [5.74, 6) is 0.905. The SMILES string of the molecule is Cc1cc2c(n1CCc1ncn[nH]1)CC(C)(C)CC2O. The van der Waals surface area contributed by atoms with Gasteiger partial charge >= 0.3 is 0 Å². The Hall–Kier alpha value is -1.62. The molecule has 5 nitrogen and oxygen atoms in total. The number of aromatic amines is 1. The van der Waals surface area contributed by atoms with Crippen LogP contribution in [0.3, 0.4) is 0 Å². The highest BCUT2D eigenvalue weighted by Crippen LogP contribution is 2.41. The number of fused-ring (bicyclic) bond motifs is 1. The Labute approximate surface area is 119 Å². The summed E-state index contributed by atoms with van der Waals surface area (Å²) in [7, 11) is 0. The van der Waals surface area contributed by atoms with Crippen LogP contribution in [0.25, 0.3) is 0 Å². The first-order valence-corrected chi connectivity index (χ1v) is 7.17. The highest BCUT2D eigenvalue weighted by atomic mass is 16.3. The lowest BCUT2D eigenvalue weighted by Crippen LogP contribution is -2.27. The fraction of sp³-hybridized carbons (Fsp3) is 0.600. The lowest BCUT2D eigenvalue weighted by Gasteiger charge is -2.34. The third-order valence-corrected chi connectivity index (χ3v) is 4.24. The van der Waals surface area contributed by atoms with Crippen LogP contribution in [-0.4, -0.2) is 24.9 Å². The molecule has 0 saturated carbocycles. The molecule has 0 spiro atoms. The van der Waals surface area contributed by atoms with Crippen LogP contribution in [0.4, 0.5) is 0 Å². The zero-order chi connectivity index (χ0) is 14.3. The van der Waals surface area contributed by atoms with E-state index in [1.807, 2.05) is 0 Å². The molecule has 0 fully saturated rings. The Bertz CT molecular complexity index is 598. The number of H-pyrrole nitrogens is 1. The van der Waals surface area contributed by atoms with Gasteiger partial charge < -0.3 is 9.67 Å². The summed E-state index contributed by atoms with van der Waals surface area (Å²) in [4.78, 5) is 4.17. The molecular weight excluding hydrogens is 252 g/mol. The predicted molar refractivity (Wildman–Crippen MR) is 76.3 cm³/mol. The summed E-state index contributed by atoms with van der Waals surface area (Å²) >= 11 is 0. The number of aliphatic hydroxyl groups excluding tert-OH is 1.